The van der Waals surface area contributed by atoms with Crippen LogP contribution in [0.3, 0.4) is 0 Å². The van der Waals surface area contributed by atoms with E-state index in [0.717, 1.165) is 21.9 Å². The van der Waals surface area contributed by atoms with E-state index in [1.54, 1.807) is 6.07 Å². The van der Waals surface area contributed by atoms with E-state index in [-0.39, 0.29) is 5.84 Å². The van der Waals surface area contributed by atoms with Crippen LogP contribution in [0, 0.1) is 5.41 Å². The number of hydrogen-bond acceptors (Lipinski definition) is 2. The lowest BCUT2D eigenvalue weighted by molar-refractivity contribution is 0.669. The van der Waals surface area contributed by atoms with Gasteiger partial charge in [-0.15, -0.1) is 0 Å². The molecule has 0 aliphatic rings. The van der Waals surface area contributed by atoms with Crippen LogP contribution in [0.5, 0.6) is 0 Å². The Balaban J connectivity index is 2.41. The van der Waals surface area contributed by atoms with Crippen molar-refractivity contribution in [2.24, 2.45) is 5.73 Å². The van der Waals surface area contributed by atoms with E-state index < -0.39 is 0 Å². The van der Waals surface area contributed by atoms with Crippen LogP contribution >= 0.6 is 0 Å². The van der Waals surface area contributed by atoms with Gasteiger partial charge in [0, 0.05) is 16.3 Å². The summed E-state index contributed by atoms with van der Waals surface area (Å²) in [7, 11) is 0. The first-order valence-corrected chi connectivity index (χ1v) is 5.01. The zero-order chi connectivity index (χ0) is 11.1. The highest BCUT2D eigenvalue weighted by Crippen LogP contribution is 2.28. The Labute approximate surface area is 92.0 Å². The fraction of sp³-hybridized carbons (Fsp3) is 0. The van der Waals surface area contributed by atoms with Crippen molar-refractivity contribution in [1.29, 1.82) is 5.41 Å². The molecule has 0 unspecified atom stereocenters. The second-order valence-electron chi connectivity index (χ2n) is 3.72. The van der Waals surface area contributed by atoms with Crippen molar-refractivity contribution in [3.63, 3.8) is 0 Å². The zero-order valence-corrected chi connectivity index (χ0v) is 8.53. The Bertz CT molecular complexity index is 697. The molecule has 1 aromatic heterocycles. The first-order valence-electron chi connectivity index (χ1n) is 5.01. The molecule has 0 radical (unpaired) electrons. The molecule has 0 bridgehead atoms. The average molecular weight is 210 g/mol. The maximum atomic E-state index is 7.38. The molecule has 0 amide bonds. The molecule has 0 aliphatic carbocycles. The van der Waals surface area contributed by atoms with Crippen LogP contribution in [0.15, 0.2) is 46.9 Å². The summed E-state index contributed by atoms with van der Waals surface area (Å²) >= 11 is 0. The number of amidine groups is 1. The highest BCUT2D eigenvalue weighted by atomic mass is 16.3. The van der Waals surface area contributed by atoms with Crippen LogP contribution in [0.25, 0.3) is 21.9 Å². The van der Waals surface area contributed by atoms with Crippen molar-refractivity contribution in [1.82, 2.24) is 0 Å². The number of nitrogen functional groups attached to an aromatic ring is 1. The minimum atomic E-state index is 0.0577. The predicted molar refractivity (Wildman–Crippen MR) is 64.7 cm³/mol. The topological polar surface area (TPSA) is 63.0 Å². The molecule has 0 fully saturated rings. The monoisotopic (exact) mass is 210 g/mol. The van der Waals surface area contributed by atoms with Gasteiger partial charge in [0.25, 0.3) is 0 Å². The summed E-state index contributed by atoms with van der Waals surface area (Å²) in [5.74, 6) is 0.0577. The molecule has 0 saturated heterocycles. The molecule has 3 nitrogen and oxygen atoms in total. The van der Waals surface area contributed by atoms with Crippen LogP contribution in [-0.2, 0) is 0 Å². The number of hydrogen-bond donors (Lipinski definition) is 2. The third kappa shape index (κ3) is 1.18. The molecule has 0 spiro atoms. The lowest BCUT2D eigenvalue weighted by Gasteiger charge is -1.96. The van der Waals surface area contributed by atoms with Crippen LogP contribution in [0.1, 0.15) is 5.56 Å². The van der Waals surface area contributed by atoms with E-state index >= 15 is 0 Å². The third-order valence-electron chi connectivity index (χ3n) is 2.69. The molecule has 3 aromatic rings. The number of para-hydroxylation sites is 1. The fourth-order valence-corrected chi connectivity index (χ4v) is 1.89. The van der Waals surface area contributed by atoms with Crippen LogP contribution in [-0.4, -0.2) is 5.84 Å². The molecule has 78 valence electrons. The summed E-state index contributed by atoms with van der Waals surface area (Å²) in [5, 5.41) is 9.53. The highest BCUT2D eigenvalue weighted by Gasteiger charge is 2.07. The lowest BCUT2D eigenvalue weighted by atomic mass is 10.1. The minimum Gasteiger partial charge on any atom is -0.456 e. The number of nitrogens with one attached hydrogen (secondary N) is 1. The van der Waals surface area contributed by atoms with Crippen LogP contribution in [0.2, 0.25) is 0 Å². The molecular weight excluding hydrogens is 200 g/mol. The molecule has 3 N–H and O–H groups in total. The Morgan fingerprint density at radius 3 is 2.56 bits per heavy atom. The molecule has 1 heterocycles. The van der Waals surface area contributed by atoms with Gasteiger partial charge in [0.1, 0.15) is 17.0 Å². The molecule has 0 atom stereocenters. The van der Waals surface area contributed by atoms with Gasteiger partial charge in [0.15, 0.2) is 0 Å². The largest absolute Gasteiger partial charge is 0.456 e. The van der Waals surface area contributed by atoms with Gasteiger partial charge < -0.3 is 10.2 Å². The van der Waals surface area contributed by atoms with Gasteiger partial charge in [-0.3, -0.25) is 5.41 Å². The van der Waals surface area contributed by atoms with Crippen molar-refractivity contribution in [2.75, 3.05) is 0 Å². The van der Waals surface area contributed by atoms with Crippen molar-refractivity contribution in [3.8, 4) is 0 Å². The van der Waals surface area contributed by atoms with Crippen molar-refractivity contribution in [2.45, 2.75) is 0 Å². The molecule has 2 aromatic carbocycles. The smallest absolute Gasteiger partial charge is 0.136 e. The maximum absolute atomic E-state index is 7.38. The molecule has 16 heavy (non-hydrogen) atoms. The van der Waals surface area contributed by atoms with Gasteiger partial charge in [-0.05, 0) is 18.2 Å². The lowest BCUT2D eigenvalue weighted by Crippen LogP contribution is -2.10. The van der Waals surface area contributed by atoms with Gasteiger partial charge in [-0.25, -0.2) is 0 Å². The minimum absolute atomic E-state index is 0.0577. The maximum Gasteiger partial charge on any atom is 0.136 e. The Morgan fingerprint density at radius 1 is 1.00 bits per heavy atom. The van der Waals surface area contributed by atoms with Crippen molar-refractivity contribution >= 4 is 27.8 Å². The number of nitrogens with two attached hydrogens (primary N) is 1. The van der Waals surface area contributed by atoms with E-state index in [1.165, 1.54) is 0 Å². The number of rotatable bonds is 1. The third-order valence-corrected chi connectivity index (χ3v) is 2.69. The van der Waals surface area contributed by atoms with E-state index in [4.69, 9.17) is 15.6 Å². The summed E-state index contributed by atoms with van der Waals surface area (Å²) in [4.78, 5) is 0. The molecular formula is C13H10N2O. The van der Waals surface area contributed by atoms with Crippen LogP contribution < -0.4 is 5.73 Å². The van der Waals surface area contributed by atoms with E-state index in [1.807, 2.05) is 36.4 Å². The summed E-state index contributed by atoms with van der Waals surface area (Å²) < 4.78 is 5.69. The molecule has 3 rings (SSSR count). The van der Waals surface area contributed by atoms with Crippen LogP contribution in [0.4, 0.5) is 0 Å². The predicted octanol–water partition coefficient (Wildman–Crippen LogP) is 2.87. The van der Waals surface area contributed by atoms with Gasteiger partial charge in [-0.2, -0.15) is 0 Å². The van der Waals surface area contributed by atoms with Crippen molar-refractivity contribution < 1.29 is 4.42 Å². The SMILES string of the molecule is N=C(N)c1ccc2c(c1)oc1ccccc12. The Hall–Kier alpha value is -2.29. The summed E-state index contributed by atoms with van der Waals surface area (Å²) in [6.07, 6.45) is 0. The van der Waals surface area contributed by atoms with Gasteiger partial charge in [0.05, 0.1) is 0 Å². The summed E-state index contributed by atoms with van der Waals surface area (Å²) in [5.41, 5.74) is 7.76. The standard InChI is InChI=1S/C13H10N2O/c14-13(15)8-5-6-10-9-3-1-2-4-11(9)16-12(10)7-8/h1-7H,(H3,14,15). The Morgan fingerprint density at radius 2 is 1.75 bits per heavy atom. The fourth-order valence-electron chi connectivity index (χ4n) is 1.89. The van der Waals surface area contributed by atoms with Gasteiger partial charge >= 0.3 is 0 Å². The average Bonchev–Trinajstić information content (AvgIpc) is 2.66. The number of furan rings is 1. The van der Waals surface area contributed by atoms with Gasteiger partial charge in [-0.1, -0.05) is 24.3 Å². The van der Waals surface area contributed by atoms with E-state index in [0.29, 0.717) is 5.56 Å². The molecule has 3 heteroatoms. The zero-order valence-electron chi connectivity index (χ0n) is 8.53. The first kappa shape index (κ1) is 8.97. The first-order chi connectivity index (χ1) is 7.75. The normalized spacial score (nSPS) is 11.0. The van der Waals surface area contributed by atoms with Crippen molar-refractivity contribution in [3.05, 3.63) is 48.0 Å². The summed E-state index contributed by atoms with van der Waals surface area (Å²) in [6, 6.07) is 13.5. The van der Waals surface area contributed by atoms with E-state index in [2.05, 4.69) is 0 Å². The highest BCUT2D eigenvalue weighted by molar-refractivity contribution is 6.07. The second-order valence-corrected chi connectivity index (χ2v) is 3.72. The second kappa shape index (κ2) is 3.10. The van der Waals surface area contributed by atoms with E-state index in [9.17, 15) is 0 Å². The quantitative estimate of drug-likeness (QED) is 0.479. The Kier molecular flexibility index (Phi) is 1.74. The molecule has 0 aliphatic heterocycles. The summed E-state index contributed by atoms with van der Waals surface area (Å²) in [6.45, 7) is 0. The number of fused-ring (bicyclic) bond motifs is 3. The number of benzene rings is 2. The molecule has 0 saturated carbocycles. The van der Waals surface area contributed by atoms with Gasteiger partial charge in [0.2, 0.25) is 0 Å².